The van der Waals surface area contributed by atoms with E-state index in [1.54, 1.807) is 7.11 Å². The molecule has 3 heteroatoms. The molecule has 0 N–H and O–H groups in total. The lowest BCUT2D eigenvalue weighted by atomic mass is 9.43. The van der Waals surface area contributed by atoms with Crippen molar-refractivity contribution in [3.8, 4) is 0 Å². The molecule has 32 heavy (non-hydrogen) atoms. The number of rotatable bonds is 8. The van der Waals surface area contributed by atoms with Crippen molar-refractivity contribution in [2.45, 2.75) is 37.7 Å². The summed E-state index contributed by atoms with van der Waals surface area (Å²) in [5, 5.41) is 0. The van der Waals surface area contributed by atoms with Crippen LogP contribution in [0.2, 0.25) is 0 Å². The highest BCUT2D eigenvalue weighted by Crippen LogP contribution is 2.72. The average molecular weight is 427 g/mol. The summed E-state index contributed by atoms with van der Waals surface area (Å²) in [6, 6.07) is 31.6. The highest BCUT2D eigenvalue weighted by molar-refractivity contribution is 5.96. The Morgan fingerprint density at radius 3 is 1.94 bits per heavy atom. The van der Waals surface area contributed by atoms with Gasteiger partial charge in [0.2, 0.25) is 0 Å². The minimum atomic E-state index is -0.482. The van der Waals surface area contributed by atoms with Gasteiger partial charge in [0.05, 0.1) is 6.10 Å². The number of Topliss-reactive ketones (excluding diaryl/α,β-unsaturated/α-hetero) is 1. The molecule has 0 spiro atoms. The fraction of sp³-hybridized carbons (Fsp3) is 0.345. The van der Waals surface area contributed by atoms with Gasteiger partial charge in [-0.3, -0.25) is 4.79 Å². The van der Waals surface area contributed by atoms with Crippen LogP contribution in [-0.4, -0.2) is 25.8 Å². The van der Waals surface area contributed by atoms with E-state index in [-0.39, 0.29) is 24.2 Å². The molecule has 5 rings (SSSR count). The van der Waals surface area contributed by atoms with E-state index in [1.807, 2.05) is 18.2 Å². The summed E-state index contributed by atoms with van der Waals surface area (Å²) in [7, 11) is 1.66. The average Bonchev–Trinajstić information content (AvgIpc) is 3.04. The first kappa shape index (κ1) is 21.1. The molecule has 0 heterocycles. The van der Waals surface area contributed by atoms with Crippen LogP contribution in [0.5, 0.6) is 0 Å². The van der Waals surface area contributed by atoms with Crippen molar-refractivity contribution in [1.82, 2.24) is 0 Å². The van der Waals surface area contributed by atoms with Crippen LogP contribution in [0.1, 0.15) is 35.4 Å². The number of carbonyl (C=O) groups excluding carboxylic acids is 1. The van der Waals surface area contributed by atoms with Gasteiger partial charge in [-0.05, 0) is 41.9 Å². The molecule has 0 amide bonds. The number of ether oxygens (including phenoxy) is 2. The quantitative estimate of drug-likeness (QED) is 0.440. The fourth-order valence-electron chi connectivity index (χ4n) is 6.45. The maximum atomic E-state index is 13.8. The Labute approximate surface area is 190 Å². The number of carbonyl (C=O) groups is 1. The molecular weight excluding hydrogens is 396 g/mol. The van der Waals surface area contributed by atoms with Gasteiger partial charge in [0.1, 0.15) is 12.6 Å². The molecule has 2 saturated carbocycles. The molecule has 0 unspecified atom stereocenters. The normalized spacial score (nSPS) is 28.8. The van der Waals surface area contributed by atoms with Crippen molar-refractivity contribution in [3.63, 3.8) is 0 Å². The lowest BCUT2D eigenvalue weighted by Crippen LogP contribution is -2.64. The first-order chi connectivity index (χ1) is 15.7. The van der Waals surface area contributed by atoms with Crippen molar-refractivity contribution in [2.24, 2.45) is 10.8 Å². The van der Waals surface area contributed by atoms with Crippen molar-refractivity contribution in [3.05, 3.63) is 108 Å². The first-order valence-electron chi connectivity index (χ1n) is 11.5. The van der Waals surface area contributed by atoms with Crippen LogP contribution in [0.3, 0.4) is 0 Å². The highest BCUT2D eigenvalue weighted by atomic mass is 16.7. The first-order valence-corrected chi connectivity index (χ1v) is 11.5. The van der Waals surface area contributed by atoms with Gasteiger partial charge in [-0.1, -0.05) is 91.0 Å². The Kier molecular flexibility index (Phi) is 5.71. The zero-order valence-corrected chi connectivity index (χ0v) is 18.6. The molecule has 0 aliphatic heterocycles. The van der Waals surface area contributed by atoms with Crippen molar-refractivity contribution < 1.29 is 14.3 Å². The lowest BCUT2D eigenvalue weighted by Gasteiger charge is -2.58. The topological polar surface area (TPSA) is 35.5 Å². The summed E-state index contributed by atoms with van der Waals surface area (Å²) in [5.74, 6) is 0.491. The van der Waals surface area contributed by atoms with Gasteiger partial charge in [0.15, 0.2) is 0 Å². The van der Waals surface area contributed by atoms with E-state index in [2.05, 4.69) is 72.8 Å². The molecule has 0 bridgehead atoms. The minimum Gasteiger partial charge on any atom is -0.359 e. The smallest absolute Gasteiger partial charge is 0.146 e. The Bertz CT molecular complexity index is 1050. The van der Waals surface area contributed by atoms with Crippen LogP contribution in [0, 0.1) is 10.8 Å². The molecule has 3 aromatic rings. The zero-order valence-electron chi connectivity index (χ0n) is 18.6. The van der Waals surface area contributed by atoms with Gasteiger partial charge in [-0.15, -0.1) is 0 Å². The number of hydrogen-bond acceptors (Lipinski definition) is 3. The number of methoxy groups -OCH3 is 1. The number of benzene rings is 3. The maximum Gasteiger partial charge on any atom is 0.146 e. The van der Waals surface area contributed by atoms with Gasteiger partial charge >= 0.3 is 0 Å². The summed E-state index contributed by atoms with van der Waals surface area (Å²) >= 11 is 0. The van der Waals surface area contributed by atoms with Gasteiger partial charge in [-0.25, -0.2) is 0 Å². The van der Waals surface area contributed by atoms with Gasteiger partial charge in [0.25, 0.3) is 0 Å². The molecule has 0 saturated heterocycles. The summed E-state index contributed by atoms with van der Waals surface area (Å²) in [6.07, 6.45) is 2.94. The third-order valence-electron chi connectivity index (χ3n) is 7.80. The minimum absolute atomic E-state index is 0.0331. The summed E-state index contributed by atoms with van der Waals surface area (Å²) < 4.78 is 11.7. The zero-order chi connectivity index (χ0) is 22.0. The summed E-state index contributed by atoms with van der Waals surface area (Å²) in [4.78, 5) is 13.8. The SMILES string of the molecule is COCO[C@H]1C[C@H](c2ccccc2)[C@]2(Cc3ccccc3)C(=O)C[C@]12Cc1ccccc1. The maximum absolute atomic E-state index is 13.8. The number of ketones is 1. The van der Waals surface area contributed by atoms with Crippen molar-refractivity contribution in [1.29, 1.82) is 0 Å². The second-order valence-electron chi connectivity index (χ2n) is 9.31. The molecule has 3 aromatic carbocycles. The Morgan fingerprint density at radius 1 is 0.812 bits per heavy atom. The van der Waals surface area contributed by atoms with Crippen LogP contribution >= 0.6 is 0 Å². The molecule has 0 aromatic heterocycles. The number of hydrogen-bond donors (Lipinski definition) is 0. The van der Waals surface area contributed by atoms with Crippen LogP contribution in [0.4, 0.5) is 0 Å². The van der Waals surface area contributed by atoms with Crippen LogP contribution in [0.15, 0.2) is 91.0 Å². The molecule has 164 valence electrons. The molecule has 3 nitrogen and oxygen atoms in total. The van der Waals surface area contributed by atoms with E-state index >= 15 is 0 Å². The van der Waals surface area contributed by atoms with Crippen LogP contribution < -0.4 is 0 Å². The molecule has 2 aliphatic rings. The molecule has 2 aliphatic carbocycles. The molecule has 2 fully saturated rings. The second kappa shape index (κ2) is 8.65. The van der Waals surface area contributed by atoms with Crippen LogP contribution in [0.25, 0.3) is 0 Å². The monoisotopic (exact) mass is 426 g/mol. The third kappa shape index (κ3) is 3.32. The predicted octanol–water partition coefficient (Wildman–Crippen LogP) is 5.59. The van der Waals surface area contributed by atoms with Crippen LogP contribution in [-0.2, 0) is 27.1 Å². The molecule has 0 radical (unpaired) electrons. The van der Waals surface area contributed by atoms with E-state index in [4.69, 9.17) is 9.47 Å². The van der Waals surface area contributed by atoms with E-state index < -0.39 is 5.41 Å². The van der Waals surface area contributed by atoms with E-state index in [1.165, 1.54) is 16.7 Å². The van der Waals surface area contributed by atoms with Crippen molar-refractivity contribution >= 4 is 5.78 Å². The molecule has 4 atom stereocenters. The summed E-state index contributed by atoms with van der Waals surface area (Å²) in [6.45, 7) is 0.248. The van der Waals surface area contributed by atoms with Gasteiger partial charge in [0, 0.05) is 24.4 Å². The lowest BCUT2D eigenvalue weighted by molar-refractivity contribution is -0.183. The molecular formula is C29H30O3. The van der Waals surface area contributed by atoms with E-state index in [9.17, 15) is 4.79 Å². The van der Waals surface area contributed by atoms with Crippen molar-refractivity contribution in [2.75, 3.05) is 13.9 Å². The van der Waals surface area contributed by atoms with Gasteiger partial charge in [-0.2, -0.15) is 0 Å². The predicted molar refractivity (Wildman–Crippen MR) is 125 cm³/mol. The highest BCUT2D eigenvalue weighted by Gasteiger charge is 2.75. The fourth-order valence-corrected chi connectivity index (χ4v) is 6.45. The largest absolute Gasteiger partial charge is 0.359 e. The number of fused-ring (bicyclic) bond motifs is 1. The van der Waals surface area contributed by atoms with E-state index in [0.717, 1.165) is 19.3 Å². The van der Waals surface area contributed by atoms with Gasteiger partial charge < -0.3 is 9.47 Å². The third-order valence-corrected chi connectivity index (χ3v) is 7.80. The van der Waals surface area contributed by atoms with E-state index in [0.29, 0.717) is 12.2 Å². The standard InChI is InChI=1S/C29H30O3/c1-31-21-32-27-17-25(24-15-9-4-10-16-24)29(19-23-13-7-3-8-14-23)26(30)20-28(27,29)18-22-11-5-2-6-12-22/h2-16,25,27H,17-21H2,1H3/t25-,27+,28-,29-/m1/s1. The Hall–Kier alpha value is -2.75. The second-order valence-corrected chi connectivity index (χ2v) is 9.31. The Balaban J connectivity index is 1.65. The Morgan fingerprint density at radius 2 is 1.38 bits per heavy atom. The summed E-state index contributed by atoms with van der Waals surface area (Å²) in [5.41, 5.74) is 2.98.